The van der Waals surface area contributed by atoms with Crippen molar-refractivity contribution in [2.75, 3.05) is 16.8 Å². The quantitative estimate of drug-likeness (QED) is 0.815. The van der Waals surface area contributed by atoms with Crippen molar-refractivity contribution in [3.05, 3.63) is 53.1 Å². The average Bonchev–Trinajstić information content (AvgIpc) is 2.54. The van der Waals surface area contributed by atoms with Crippen molar-refractivity contribution >= 4 is 29.0 Å². The number of nitrogens with two attached hydrogens (primary N) is 1. The first kappa shape index (κ1) is 18.3. The summed E-state index contributed by atoms with van der Waals surface area (Å²) in [4.78, 5) is 14.1. The largest absolute Gasteiger partial charge is 0.573 e. The summed E-state index contributed by atoms with van der Waals surface area (Å²) in [5.41, 5.74) is 7.91. The number of nitrogens with one attached hydrogen (secondary N) is 1. The highest BCUT2D eigenvalue weighted by atomic mass is 35.5. The number of alkyl halides is 3. The zero-order chi connectivity index (χ0) is 18.9. The van der Waals surface area contributed by atoms with Crippen LogP contribution >= 0.6 is 11.6 Å². The molecule has 0 bridgehead atoms. The minimum Gasteiger partial charge on any atom is -0.406 e. The highest BCUT2D eigenvalue weighted by Crippen LogP contribution is 2.30. The number of carbonyl (C=O) groups is 1. The third-order valence-corrected chi connectivity index (χ3v) is 4.05. The van der Waals surface area contributed by atoms with Gasteiger partial charge in [0.05, 0.1) is 0 Å². The number of halogens is 4. The van der Waals surface area contributed by atoms with Gasteiger partial charge in [-0.25, -0.2) is 4.79 Å². The molecule has 2 aromatic rings. The zero-order valence-corrected chi connectivity index (χ0v) is 14.1. The van der Waals surface area contributed by atoms with Gasteiger partial charge in [-0.15, -0.1) is 13.2 Å². The molecular formula is C17H15ClF3N3O2. The van der Waals surface area contributed by atoms with Gasteiger partial charge in [0.1, 0.15) is 5.75 Å². The Bertz CT molecular complexity index is 812. The van der Waals surface area contributed by atoms with Gasteiger partial charge in [0, 0.05) is 29.0 Å². The van der Waals surface area contributed by atoms with Crippen LogP contribution in [0, 0.1) is 0 Å². The highest BCUT2D eigenvalue weighted by Gasteiger charge is 2.31. The van der Waals surface area contributed by atoms with Crippen LogP contribution in [0.3, 0.4) is 0 Å². The molecule has 0 aromatic heterocycles. The molecule has 1 aliphatic rings. The van der Waals surface area contributed by atoms with E-state index in [0.717, 1.165) is 17.7 Å². The van der Waals surface area contributed by atoms with Gasteiger partial charge in [-0.1, -0.05) is 11.6 Å². The van der Waals surface area contributed by atoms with E-state index >= 15 is 0 Å². The van der Waals surface area contributed by atoms with Crippen LogP contribution < -0.4 is 20.7 Å². The Balaban J connectivity index is 1.74. The maximum absolute atomic E-state index is 12.6. The van der Waals surface area contributed by atoms with Gasteiger partial charge in [-0.05, 0) is 54.4 Å². The van der Waals surface area contributed by atoms with Gasteiger partial charge in [-0.3, -0.25) is 4.90 Å². The van der Waals surface area contributed by atoms with Gasteiger partial charge in [0.15, 0.2) is 0 Å². The molecule has 138 valence electrons. The lowest BCUT2D eigenvalue weighted by atomic mass is 9.99. The molecule has 3 rings (SSSR count). The smallest absolute Gasteiger partial charge is 0.406 e. The van der Waals surface area contributed by atoms with Crippen molar-refractivity contribution in [2.24, 2.45) is 5.73 Å². The Morgan fingerprint density at radius 1 is 1.23 bits per heavy atom. The number of urea groups is 1. The zero-order valence-electron chi connectivity index (χ0n) is 13.4. The molecule has 1 heterocycles. The Hall–Kier alpha value is -2.45. The fraction of sp³-hybridized carbons (Fsp3) is 0.235. The van der Waals surface area contributed by atoms with Crippen molar-refractivity contribution in [2.45, 2.75) is 18.8 Å². The predicted molar refractivity (Wildman–Crippen MR) is 92.6 cm³/mol. The summed E-state index contributed by atoms with van der Waals surface area (Å²) in [5, 5.41) is 3.19. The van der Waals surface area contributed by atoms with Crippen LogP contribution in [0.1, 0.15) is 5.56 Å². The van der Waals surface area contributed by atoms with E-state index in [-0.39, 0.29) is 11.8 Å². The summed E-state index contributed by atoms with van der Waals surface area (Å²) >= 11 is 5.99. The summed E-state index contributed by atoms with van der Waals surface area (Å²) in [6.45, 7) is 0.315. The Kier molecular flexibility index (Phi) is 4.97. The topological polar surface area (TPSA) is 67.6 Å². The van der Waals surface area contributed by atoms with Crippen LogP contribution in [0.4, 0.5) is 29.3 Å². The van der Waals surface area contributed by atoms with E-state index in [1.54, 1.807) is 18.2 Å². The molecule has 0 aliphatic carbocycles. The number of ether oxygens (including phenoxy) is 1. The number of amides is 2. The van der Waals surface area contributed by atoms with E-state index in [0.29, 0.717) is 29.4 Å². The molecule has 5 nitrogen and oxygen atoms in total. The maximum atomic E-state index is 12.6. The van der Waals surface area contributed by atoms with E-state index in [1.807, 2.05) is 0 Å². The fourth-order valence-corrected chi connectivity index (χ4v) is 2.98. The highest BCUT2D eigenvalue weighted by molar-refractivity contribution is 6.30. The number of carbonyl (C=O) groups excluding carboxylic acids is 1. The van der Waals surface area contributed by atoms with Crippen molar-refractivity contribution in [1.82, 2.24) is 0 Å². The molecule has 0 saturated carbocycles. The minimum atomic E-state index is -4.76. The van der Waals surface area contributed by atoms with E-state index in [2.05, 4.69) is 10.1 Å². The van der Waals surface area contributed by atoms with Crippen LogP contribution in [-0.2, 0) is 6.42 Å². The molecule has 0 saturated heterocycles. The molecule has 9 heteroatoms. The molecule has 0 fully saturated rings. The van der Waals surface area contributed by atoms with Gasteiger partial charge >= 0.3 is 12.4 Å². The van der Waals surface area contributed by atoms with Crippen molar-refractivity contribution in [3.8, 4) is 5.75 Å². The van der Waals surface area contributed by atoms with Crippen LogP contribution in [0.15, 0.2) is 42.5 Å². The third kappa shape index (κ3) is 4.39. The molecule has 2 amide bonds. The second-order valence-corrected chi connectivity index (χ2v) is 6.29. The molecule has 2 aromatic carbocycles. The first-order valence-corrected chi connectivity index (χ1v) is 8.07. The van der Waals surface area contributed by atoms with Gasteiger partial charge in [0.2, 0.25) is 0 Å². The SMILES string of the molecule is NC1Cc2cc(Cl)ccc2N(C(=O)Nc2ccc(OC(F)(F)F)cc2)C1. The molecule has 0 radical (unpaired) electrons. The monoisotopic (exact) mass is 385 g/mol. The predicted octanol–water partition coefficient (Wildman–Crippen LogP) is 4.16. The molecule has 1 atom stereocenters. The molecule has 3 N–H and O–H groups in total. The minimum absolute atomic E-state index is 0.241. The second kappa shape index (κ2) is 7.05. The Morgan fingerprint density at radius 2 is 1.92 bits per heavy atom. The summed E-state index contributed by atoms with van der Waals surface area (Å²) in [5.74, 6) is -0.365. The maximum Gasteiger partial charge on any atom is 0.573 e. The standard InChI is InChI=1S/C17H15ClF3N3O2/c18-11-1-6-15-10(7-11)8-12(22)9-24(15)16(25)23-13-2-4-14(5-3-13)26-17(19,20)21/h1-7,12H,8-9,22H2,(H,23,25). The van der Waals surface area contributed by atoms with Crippen LogP contribution in [0.2, 0.25) is 5.02 Å². The molecule has 26 heavy (non-hydrogen) atoms. The molecule has 0 spiro atoms. The third-order valence-electron chi connectivity index (χ3n) is 3.82. The van der Waals surface area contributed by atoms with E-state index < -0.39 is 12.4 Å². The van der Waals surface area contributed by atoms with Gasteiger partial charge in [-0.2, -0.15) is 0 Å². The summed E-state index contributed by atoms with van der Waals surface area (Å²) in [6.07, 6.45) is -4.16. The normalized spacial score (nSPS) is 16.8. The van der Waals surface area contributed by atoms with E-state index in [1.165, 1.54) is 17.0 Å². The molecule has 1 aliphatic heterocycles. The fourth-order valence-electron chi connectivity index (χ4n) is 2.78. The van der Waals surface area contributed by atoms with Crippen molar-refractivity contribution in [3.63, 3.8) is 0 Å². The number of benzene rings is 2. The van der Waals surface area contributed by atoms with Crippen LogP contribution in [-0.4, -0.2) is 25.0 Å². The summed E-state index contributed by atoms with van der Waals surface area (Å²) in [6, 6.07) is 9.40. The molecular weight excluding hydrogens is 371 g/mol. The number of rotatable bonds is 2. The molecule has 1 unspecified atom stereocenters. The van der Waals surface area contributed by atoms with Gasteiger partial charge in [0.25, 0.3) is 0 Å². The Morgan fingerprint density at radius 3 is 2.58 bits per heavy atom. The summed E-state index contributed by atoms with van der Waals surface area (Å²) < 4.78 is 40.3. The van der Waals surface area contributed by atoms with E-state index in [4.69, 9.17) is 17.3 Å². The van der Waals surface area contributed by atoms with Crippen LogP contribution in [0.25, 0.3) is 0 Å². The number of anilines is 2. The summed E-state index contributed by atoms with van der Waals surface area (Å²) in [7, 11) is 0. The lowest BCUT2D eigenvalue weighted by molar-refractivity contribution is -0.274. The number of hydrogen-bond acceptors (Lipinski definition) is 3. The lowest BCUT2D eigenvalue weighted by Gasteiger charge is -2.33. The lowest BCUT2D eigenvalue weighted by Crippen LogP contribution is -2.47. The van der Waals surface area contributed by atoms with E-state index in [9.17, 15) is 18.0 Å². The Labute approximate surface area is 152 Å². The van der Waals surface area contributed by atoms with Crippen molar-refractivity contribution in [1.29, 1.82) is 0 Å². The number of hydrogen-bond donors (Lipinski definition) is 2. The van der Waals surface area contributed by atoms with Crippen molar-refractivity contribution < 1.29 is 22.7 Å². The second-order valence-electron chi connectivity index (χ2n) is 5.85. The first-order chi connectivity index (χ1) is 12.2. The average molecular weight is 386 g/mol. The number of nitrogens with zero attached hydrogens (tertiary/aromatic N) is 1. The van der Waals surface area contributed by atoms with Gasteiger partial charge < -0.3 is 15.8 Å². The van der Waals surface area contributed by atoms with Crippen LogP contribution in [0.5, 0.6) is 5.75 Å². The first-order valence-electron chi connectivity index (χ1n) is 7.69. The number of fused-ring (bicyclic) bond motifs is 1.